The van der Waals surface area contributed by atoms with Crippen molar-refractivity contribution in [2.24, 2.45) is 5.73 Å². The predicted molar refractivity (Wildman–Crippen MR) is 115 cm³/mol. The van der Waals surface area contributed by atoms with Crippen LogP contribution in [0.5, 0.6) is 5.75 Å². The van der Waals surface area contributed by atoms with E-state index < -0.39 is 11.8 Å². The average molecular weight is 419 g/mol. The summed E-state index contributed by atoms with van der Waals surface area (Å²) in [6, 6.07) is 15.7. The molecule has 1 aliphatic heterocycles. The average Bonchev–Trinajstić information content (AvgIpc) is 3.16. The zero-order valence-electron chi connectivity index (χ0n) is 16.7. The molecule has 8 heteroatoms. The summed E-state index contributed by atoms with van der Waals surface area (Å²) in [6.07, 6.45) is 2.19. The first-order valence-electron chi connectivity index (χ1n) is 9.77. The monoisotopic (exact) mass is 419 g/mol. The van der Waals surface area contributed by atoms with Crippen molar-refractivity contribution in [1.29, 1.82) is 0 Å². The quantitative estimate of drug-likeness (QED) is 0.607. The highest BCUT2D eigenvalue weighted by Gasteiger charge is 2.19. The van der Waals surface area contributed by atoms with Crippen molar-refractivity contribution in [3.05, 3.63) is 88.0 Å². The zero-order chi connectivity index (χ0) is 21.8. The first-order valence-corrected chi connectivity index (χ1v) is 9.77. The highest BCUT2D eigenvalue weighted by Crippen LogP contribution is 2.28. The van der Waals surface area contributed by atoms with E-state index in [0.717, 1.165) is 18.7 Å². The number of hydrogen-bond acceptors (Lipinski definition) is 6. The summed E-state index contributed by atoms with van der Waals surface area (Å²) in [4.78, 5) is 37.6. The van der Waals surface area contributed by atoms with Crippen molar-refractivity contribution in [1.82, 2.24) is 0 Å². The molecule has 3 N–H and O–H groups in total. The van der Waals surface area contributed by atoms with E-state index in [0.29, 0.717) is 23.6 Å². The first-order chi connectivity index (χ1) is 15.0. The maximum atomic E-state index is 12.4. The van der Waals surface area contributed by atoms with Crippen LogP contribution in [0, 0.1) is 0 Å². The van der Waals surface area contributed by atoms with Crippen molar-refractivity contribution < 1.29 is 18.7 Å². The highest BCUT2D eigenvalue weighted by atomic mass is 16.5. The molecule has 158 valence electrons. The van der Waals surface area contributed by atoms with Crippen LogP contribution in [-0.4, -0.2) is 25.0 Å². The minimum absolute atomic E-state index is 0.0372. The molecule has 1 aliphatic rings. The Balaban J connectivity index is 1.33. The van der Waals surface area contributed by atoms with E-state index >= 15 is 0 Å². The number of rotatable bonds is 7. The van der Waals surface area contributed by atoms with Crippen LogP contribution in [0.15, 0.2) is 70.1 Å². The Labute approximate surface area is 178 Å². The van der Waals surface area contributed by atoms with Crippen LogP contribution in [0.2, 0.25) is 0 Å². The Kier molecular flexibility index (Phi) is 5.70. The molecule has 3 aromatic rings. The number of carbonyl (C=O) groups is 2. The fraction of sp³-hybridized carbons (Fsp3) is 0.174. The topological polar surface area (TPSA) is 115 Å². The van der Waals surface area contributed by atoms with E-state index in [1.165, 1.54) is 30.0 Å². The van der Waals surface area contributed by atoms with Crippen LogP contribution in [0.4, 0.5) is 11.4 Å². The first kappa shape index (κ1) is 20.2. The Morgan fingerprint density at radius 1 is 1.13 bits per heavy atom. The smallest absolute Gasteiger partial charge is 0.262 e. The van der Waals surface area contributed by atoms with Crippen LogP contribution in [0.25, 0.3) is 0 Å². The van der Waals surface area contributed by atoms with E-state index in [9.17, 15) is 14.4 Å². The summed E-state index contributed by atoms with van der Waals surface area (Å²) in [6.45, 7) is 0.984. The molecule has 8 nitrogen and oxygen atoms in total. The molecule has 2 aromatic carbocycles. The number of hydrogen-bond donors (Lipinski definition) is 2. The molecular weight excluding hydrogens is 398 g/mol. The van der Waals surface area contributed by atoms with Gasteiger partial charge in [-0.25, -0.2) is 0 Å². The second-order valence-electron chi connectivity index (χ2n) is 7.15. The van der Waals surface area contributed by atoms with Crippen LogP contribution in [0.3, 0.4) is 0 Å². The number of nitrogens with zero attached hydrogens (tertiary/aromatic N) is 1. The summed E-state index contributed by atoms with van der Waals surface area (Å²) in [5.41, 5.74) is 8.07. The predicted octanol–water partition coefficient (Wildman–Crippen LogP) is 2.32. The molecular formula is C23H21N3O5. The van der Waals surface area contributed by atoms with Crippen LogP contribution >= 0.6 is 0 Å². The molecule has 0 spiro atoms. The third-order valence-corrected chi connectivity index (χ3v) is 4.99. The summed E-state index contributed by atoms with van der Waals surface area (Å²) in [7, 11) is 0. The van der Waals surface area contributed by atoms with Gasteiger partial charge in [0.05, 0.1) is 6.54 Å². The third kappa shape index (κ3) is 4.75. The van der Waals surface area contributed by atoms with Gasteiger partial charge in [0.25, 0.3) is 5.91 Å². The van der Waals surface area contributed by atoms with Gasteiger partial charge in [0.1, 0.15) is 12.0 Å². The van der Waals surface area contributed by atoms with Crippen molar-refractivity contribution >= 4 is 23.2 Å². The van der Waals surface area contributed by atoms with E-state index in [2.05, 4.69) is 22.3 Å². The Hall–Kier alpha value is -4.07. The zero-order valence-corrected chi connectivity index (χ0v) is 16.7. The van der Waals surface area contributed by atoms with Gasteiger partial charge in [-0.2, -0.15) is 0 Å². The van der Waals surface area contributed by atoms with Crippen LogP contribution in [0.1, 0.15) is 21.7 Å². The molecule has 0 bridgehead atoms. The number of anilines is 2. The largest absolute Gasteiger partial charge is 0.477 e. The molecule has 0 atom stereocenters. The maximum Gasteiger partial charge on any atom is 0.262 e. The molecule has 0 aliphatic carbocycles. The van der Waals surface area contributed by atoms with E-state index in [-0.39, 0.29) is 17.8 Å². The summed E-state index contributed by atoms with van der Waals surface area (Å²) in [5, 5.41) is 2.61. The van der Waals surface area contributed by atoms with E-state index in [1.54, 1.807) is 12.1 Å². The molecule has 4 rings (SSSR count). The number of para-hydroxylation sites is 1. The molecule has 2 amide bonds. The lowest BCUT2D eigenvalue weighted by atomic mass is 10.2. The second-order valence-corrected chi connectivity index (χ2v) is 7.15. The van der Waals surface area contributed by atoms with Gasteiger partial charge in [0.2, 0.25) is 17.1 Å². The van der Waals surface area contributed by atoms with Gasteiger partial charge in [-0.05, 0) is 42.3 Å². The highest BCUT2D eigenvalue weighted by molar-refractivity contribution is 5.95. The Bertz CT molecular complexity index is 1170. The lowest BCUT2D eigenvalue weighted by Gasteiger charge is -2.18. The van der Waals surface area contributed by atoms with Gasteiger partial charge in [-0.3, -0.25) is 14.4 Å². The number of benzene rings is 2. The second kappa shape index (κ2) is 8.74. The Morgan fingerprint density at radius 3 is 2.65 bits per heavy atom. The SMILES string of the molecule is NC(=O)c1ccc(NC(=O)COc2coc(CN3CCc4ccccc43)cc2=O)cc1. The number of ether oxygens (including phenoxy) is 1. The van der Waals surface area contributed by atoms with Gasteiger partial charge in [-0.1, -0.05) is 18.2 Å². The van der Waals surface area contributed by atoms with Gasteiger partial charge in [0.15, 0.2) is 6.61 Å². The van der Waals surface area contributed by atoms with Gasteiger partial charge >= 0.3 is 0 Å². The van der Waals surface area contributed by atoms with Crippen molar-refractivity contribution in [2.75, 3.05) is 23.4 Å². The third-order valence-electron chi connectivity index (χ3n) is 4.99. The molecule has 31 heavy (non-hydrogen) atoms. The van der Waals surface area contributed by atoms with Crippen molar-refractivity contribution in [2.45, 2.75) is 13.0 Å². The summed E-state index contributed by atoms with van der Waals surface area (Å²) < 4.78 is 10.9. The lowest BCUT2D eigenvalue weighted by molar-refractivity contribution is -0.118. The van der Waals surface area contributed by atoms with Crippen LogP contribution in [-0.2, 0) is 17.8 Å². The Morgan fingerprint density at radius 2 is 1.90 bits per heavy atom. The molecule has 0 saturated carbocycles. The number of nitrogens with two attached hydrogens (primary N) is 1. The van der Waals surface area contributed by atoms with E-state index in [1.807, 2.05) is 12.1 Å². The van der Waals surface area contributed by atoms with Crippen molar-refractivity contribution in [3.8, 4) is 5.75 Å². The number of nitrogens with one attached hydrogen (secondary N) is 1. The lowest BCUT2D eigenvalue weighted by Crippen LogP contribution is -2.23. The minimum Gasteiger partial charge on any atom is -0.477 e. The van der Waals surface area contributed by atoms with Gasteiger partial charge < -0.3 is 25.1 Å². The van der Waals surface area contributed by atoms with Crippen LogP contribution < -0.4 is 26.1 Å². The fourth-order valence-electron chi connectivity index (χ4n) is 3.44. The maximum absolute atomic E-state index is 12.4. The normalized spacial score (nSPS) is 12.3. The standard InChI is InChI=1S/C23H21N3O5/c24-23(29)16-5-7-17(8-6-16)25-22(28)14-31-21-13-30-18(11-20(21)27)12-26-10-9-15-3-1-2-4-19(15)26/h1-8,11,13H,9-10,12,14H2,(H2,24,29)(H,25,28). The number of carbonyl (C=O) groups excluding carboxylic acids is 2. The minimum atomic E-state index is -0.551. The molecule has 0 fully saturated rings. The molecule has 2 heterocycles. The number of amides is 2. The number of fused-ring (bicyclic) bond motifs is 1. The molecule has 0 saturated heterocycles. The number of primary amides is 1. The van der Waals surface area contributed by atoms with Gasteiger partial charge in [0, 0.05) is 29.5 Å². The summed E-state index contributed by atoms with van der Waals surface area (Å²) in [5.74, 6) is -0.521. The van der Waals surface area contributed by atoms with Crippen molar-refractivity contribution in [3.63, 3.8) is 0 Å². The van der Waals surface area contributed by atoms with E-state index in [4.69, 9.17) is 14.9 Å². The van der Waals surface area contributed by atoms with Gasteiger partial charge in [-0.15, -0.1) is 0 Å². The summed E-state index contributed by atoms with van der Waals surface area (Å²) >= 11 is 0. The molecule has 0 radical (unpaired) electrons. The fourth-order valence-corrected chi connectivity index (χ4v) is 3.44. The molecule has 1 aromatic heterocycles. The molecule has 0 unspecified atom stereocenters.